The first-order valence-electron chi connectivity index (χ1n) is 5.56. The van der Waals surface area contributed by atoms with Crippen LogP contribution in [0.2, 0.25) is 0 Å². The normalized spacial score (nSPS) is 11.8. The number of hydrogen-bond donors (Lipinski definition) is 1. The molecular formula is C13H17NO2. The van der Waals surface area contributed by atoms with Crippen LogP contribution in [-0.4, -0.2) is 18.7 Å². The van der Waals surface area contributed by atoms with Gasteiger partial charge in [0.2, 0.25) is 5.91 Å². The van der Waals surface area contributed by atoms with Crippen LogP contribution >= 0.6 is 0 Å². The molecule has 0 saturated carbocycles. The van der Waals surface area contributed by atoms with Gasteiger partial charge in [-0.3, -0.25) is 4.79 Å². The third-order valence-electron chi connectivity index (χ3n) is 2.40. The van der Waals surface area contributed by atoms with E-state index in [2.05, 4.69) is 5.32 Å². The molecule has 0 heterocycles. The molecule has 1 N–H and O–H groups in total. The Bertz CT molecular complexity index is 335. The Morgan fingerprint density at radius 2 is 2.06 bits per heavy atom. The number of carbonyl (C=O) groups is 2. The summed E-state index contributed by atoms with van der Waals surface area (Å²) in [5.41, 5.74) is 0.892. The highest BCUT2D eigenvalue weighted by atomic mass is 16.2. The van der Waals surface area contributed by atoms with E-state index in [1.54, 1.807) is 0 Å². The molecule has 0 spiro atoms. The molecule has 0 radical (unpaired) electrons. The number of rotatable bonds is 6. The van der Waals surface area contributed by atoms with Gasteiger partial charge in [-0.25, -0.2) is 0 Å². The van der Waals surface area contributed by atoms with Gasteiger partial charge in [-0.05, 0) is 12.0 Å². The molecule has 16 heavy (non-hydrogen) atoms. The van der Waals surface area contributed by atoms with Crippen LogP contribution < -0.4 is 5.32 Å². The molecule has 1 amide bonds. The zero-order chi connectivity index (χ0) is 11.8. The molecule has 0 aliphatic rings. The fourth-order valence-corrected chi connectivity index (χ4v) is 1.55. The predicted octanol–water partition coefficient (Wildman–Crippen LogP) is 1.89. The van der Waals surface area contributed by atoms with Crippen LogP contribution in [0.4, 0.5) is 0 Å². The van der Waals surface area contributed by atoms with Crippen molar-refractivity contribution in [1.82, 2.24) is 5.32 Å². The minimum Gasteiger partial charge on any atom is -0.356 e. The van der Waals surface area contributed by atoms with Crippen LogP contribution in [0.5, 0.6) is 0 Å². The van der Waals surface area contributed by atoms with E-state index in [1.807, 2.05) is 37.3 Å². The van der Waals surface area contributed by atoms with E-state index in [9.17, 15) is 9.59 Å². The maximum Gasteiger partial charge on any atom is 0.227 e. The highest BCUT2D eigenvalue weighted by Gasteiger charge is 2.19. The Labute approximate surface area is 95.9 Å². The van der Waals surface area contributed by atoms with Crippen molar-refractivity contribution in [2.75, 3.05) is 6.54 Å². The van der Waals surface area contributed by atoms with Crippen LogP contribution in [0, 0.1) is 0 Å². The number of benzene rings is 1. The van der Waals surface area contributed by atoms with Crippen LogP contribution in [0.1, 0.15) is 31.2 Å². The van der Waals surface area contributed by atoms with Gasteiger partial charge >= 0.3 is 0 Å². The zero-order valence-corrected chi connectivity index (χ0v) is 9.48. The highest BCUT2D eigenvalue weighted by Crippen LogP contribution is 2.18. The second-order valence-electron chi connectivity index (χ2n) is 3.66. The molecule has 0 bridgehead atoms. The van der Waals surface area contributed by atoms with Crippen molar-refractivity contribution in [1.29, 1.82) is 0 Å². The van der Waals surface area contributed by atoms with Gasteiger partial charge in [-0.1, -0.05) is 37.3 Å². The minimum atomic E-state index is -0.356. The van der Waals surface area contributed by atoms with Gasteiger partial charge in [0.15, 0.2) is 0 Å². The summed E-state index contributed by atoms with van der Waals surface area (Å²) >= 11 is 0. The lowest BCUT2D eigenvalue weighted by Crippen LogP contribution is -2.30. The highest BCUT2D eigenvalue weighted by molar-refractivity contribution is 5.85. The monoisotopic (exact) mass is 219 g/mol. The maximum atomic E-state index is 11.8. The van der Waals surface area contributed by atoms with Gasteiger partial charge in [-0.15, -0.1) is 0 Å². The predicted molar refractivity (Wildman–Crippen MR) is 63.2 cm³/mol. The summed E-state index contributed by atoms with van der Waals surface area (Å²) < 4.78 is 0. The summed E-state index contributed by atoms with van der Waals surface area (Å²) in [5.74, 6) is -0.426. The summed E-state index contributed by atoms with van der Waals surface area (Å²) in [6.45, 7) is 2.65. The Morgan fingerprint density at radius 1 is 1.38 bits per heavy atom. The summed E-state index contributed by atoms with van der Waals surface area (Å²) in [5, 5.41) is 2.82. The summed E-state index contributed by atoms with van der Waals surface area (Å²) in [7, 11) is 0. The second kappa shape index (κ2) is 6.77. The van der Waals surface area contributed by atoms with Crippen molar-refractivity contribution in [2.24, 2.45) is 0 Å². The van der Waals surface area contributed by atoms with Gasteiger partial charge in [0.1, 0.15) is 6.29 Å². The number of nitrogens with one attached hydrogen (secondary N) is 1. The zero-order valence-electron chi connectivity index (χ0n) is 9.48. The molecular weight excluding hydrogens is 202 g/mol. The largest absolute Gasteiger partial charge is 0.356 e. The van der Waals surface area contributed by atoms with E-state index in [0.29, 0.717) is 6.54 Å². The maximum absolute atomic E-state index is 11.8. The number of amides is 1. The Kier molecular flexibility index (Phi) is 5.26. The first kappa shape index (κ1) is 12.4. The smallest absolute Gasteiger partial charge is 0.227 e. The molecule has 0 aliphatic carbocycles. The quantitative estimate of drug-likeness (QED) is 0.742. The average Bonchev–Trinajstić information content (AvgIpc) is 2.34. The van der Waals surface area contributed by atoms with Crippen LogP contribution in [0.3, 0.4) is 0 Å². The number of aldehydes is 1. The van der Waals surface area contributed by atoms with E-state index in [1.165, 1.54) is 0 Å². The fraction of sp³-hybridized carbons (Fsp3) is 0.385. The molecule has 0 aliphatic heterocycles. The van der Waals surface area contributed by atoms with Crippen LogP contribution in [0.25, 0.3) is 0 Å². The van der Waals surface area contributed by atoms with E-state index >= 15 is 0 Å². The SMILES string of the molecule is CCCNC(=O)C(CC=O)c1ccccc1. The van der Waals surface area contributed by atoms with Gasteiger partial charge in [0.25, 0.3) is 0 Å². The van der Waals surface area contributed by atoms with Crippen molar-refractivity contribution in [3.63, 3.8) is 0 Å². The van der Waals surface area contributed by atoms with Gasteiger partial charge < -0.3 is 10.1 Å². The molecule has 1 atom stereocenters. The van der Waals surface area contributed by atoms with Crippen molar-refractivity contribution in [3.05, 3.63) is 35.9 Å². The molecule has 3 nitrogen and oxygen atoms in total. The Balaban J connectivity index is 2.74. The first-order valence-corrected chi connectivity index (χ1v) is 5.56. The average molecular weight is 219 g/mol. The van der Waals surface area contributed by atoms with Crippen molar-refractivity contribution in [3.8, 4) is 0 Å². The van der Waals surface area contributed by atoms with E-state index in [0.717, 1.165) is 18.3 Å². The molecule has 3 heteroatoms. The molecule has 0 aromatic heterocycles. The lowest BCUT2D eigenvalue weighted by Gasteiger charge is -2.14. The Hall–Kier alpha value is -1.64. The van der Waals surface area contributed by atoms with Gasteiger partial charge in [0, 0.05) is 13.0 Å². The lowest BCUT2D eigenvalue weighted by atomic mass is 9.95. The van der Waals surface area contributed by atoms with Gasteiger partial charge in [-0.2, -0.15) is 0 Å². The van der Waals surface area contributed by atoms with E-state index in [4.69, 9.17) is 0 Å². The standard InChI is InChI=1S/C13H17NO2/c1-2-9-14-13(16)12(8-10-15)11-6-4-3-5-7-11/h3-7,10,12H,2,8-9H2,1H3,(H,14,16). The molecule has 1 aromatic rings. The third-order valence-corrected chi connectivity index (χ3v) is 2.40. The third kappa shape index (κ3) is 3.50. The molecule has 1 unspecified atom stereocenters. The topological polar surface area (TPSA) is 46.2 Å². The summed E-state index contributed by atoms with van der Waals surface area (Å²) in [6, 6.07) is 9.39. The van der Waals surface area contributed by atoms with Crippen molar-refractivity contribution in [2.45, 2.75) is 25.7 Å². The number of hydrogen-bond acceptors (Lipinski definition) is 2. The Morgan fingerprint density at radius 3 is 2.62 bits per heavy atom. The molecule has 1 aromatic carbocycles. The molecule has 86 valence electrons. The van der Waals surface area contributed by atoms with E-state index in [-0.39, 0.29) is 18.2 Å². The number of carbonyl (C=O) groups excluding carboxylic acids is 2. The first-order chi connectivity index (χ1) is 7.79. The second-order valence-corrected chi connectivity index (χ2v) is 3.66. The summed E-state index contributed by atoms with van der Waals surface area (Å²) in [6.07, 6.45) is 1.93. The van der Waals surface area contributed by atoms with Crippen molar-refractivity contribution >= 4 is 12.2 Å². The molecule has 1 rings (SSSR count). The van der Waals surface area contributed by atoms with Crippen molar-refractivity contribution < 1.29 is 9.59 Å². The molecule has 0 saturated heterocycles. The fourth-order valence-electron chi connectivity index (χ4n) is 1.55. The molecule has 0 fully saturated rings. The minimum absolute atomic E-state index is 0.0693. The lowest BCUT2D eigenvalue weighted by molar-refractivity contribution is -0.124. The van der Waals surface area contributed by atoms with E-state index < -0.39 is 0 Å². The van der Waals surface area contributed by atoms with Crippen LogP contribution in [0.15, 0.2) is 30.3 Å². The van der Waals surface area contributed by atoms with Crippen LogP contribution in [-0.2, 0) is 9.59 Å². The van der Waals surface area contributed by atoms with Gasteiger partial charge in [0.05, 0.1) is 5.92 Å². The summed E-state index contributed by atoms with van der Waals surface area (Å²) in [4.78, 5) is 22.4.